The van der Waals surface area contributed by atoms with E-state index in [0.717, 1.165) is 27.7 Å². The van der Waals surface area contributed by atoms with Crippen molar-refractivity contribution in [2.24, 2.45) is 0 Å². The molecule has 0 radical (unpaired) electrons. The highest BCUT2D eigenvalue weighted by Gasteiger charge is 2.33. The highest BCUT2D eigenvalue weighted by molar-refractivity contribution is 6.13. The van der Waals surface area contributed by atoms with Gasteiger partial charge in [0.05, 0.1) is 5.41 Å². The van der Waals surface area contributed by atoms with E-state index < -0.39 is 5.41 Å². The molecule has 2 heteroatoms. The Bertz CT molecular complexity index is 797. The number of ketones is 1. The van der Waals surface area contributed by atoms with E-state index in [2.05, 4.69) is 4.98 Å². The molecule has 1 N–H and O–H groups in total. The first-order chi connectivity index (χ1) is 10.0. The fourth-order valence-electron chi connectivity index (χ4n) is 2.87. The number of rotatable bonds is 3. The van der Waals surface area contributed by atoms with E-state index in [1.165, 1.54) is 0 Å². The summed E-state index contributed by atoms with van der Waals surface area (Å²) in [4.78, 5) is 16.5. The molecular formula is C19H19NO. The lowest BCUT2D eigenvalue weighted by atomic mass is 9.77. The van der Waals surface area contributed by atoms with Crippen molar-refractivity contribution in [3.05, 3.63) is 71.4 Å². The van der Waals surface area contributed by atoms with E-state index in [1.54, 1.807) is 0 Å². The van der Waals surface area contributed by atoms with E-state index in [-0.39, 0.29) is 5.78 Å². The van der Waals surface area contributed by atoms with Crippen LogP contribution in [0.15, 0.2) is 54.6 Å². The van der Waals surface area contributed by atoms with Crippen molar-refractivity contribution in [2.45, 2.75) is 26.2 Å². The molecule has 0 aliphatic rings. The maximum absolute atomic E-state index is 13.1. The van der Waals surface area contributed by atoms with Crippen molar-refractivity contribution in [1.29, 1.82) is 0 Å². The van der Waals surface area contributed by atoms with E-state index in [4.69, 9.17) is 0 Å². The van der Waals surface area contributed by atoms with Gasteiger partial charge in [-0.1, -0.05) is 48.5 Å². The fourth-order valence-corrected chi connectivity index (χ4v) is 2.87. The van der Waals surface area contributed by atoms with Gasteiger partial charge in [0.2, 0.25) is 0 Å². The van der Waals surface area contributed by atoms with Gasteiger partial charge in [0.1, 0.15) is 0 Å². The van der Waals surface area contributed by atoms with Crippen LogP contribution < -0.4 is 0 Å². The lowest BCUT2D eigenvalue weighted by Crippen LogP contribution is -2.29. The van der Waals surface area contributed by atoms with Gasteiger partial charge < -0.3 is 4.98 Å². The number of carbonyl (C=O) groups excluding carboxylic acids is 1. The Labute approximate surface area is 124 Å². The summed E-state index contributed by atoms with van der Waals surface area (Å²) in [6.45, 7) is 5.95. The number of carbonyl (C=O) groups is 1. The molecule has 0 fully saturated rings. The highest BCUT2D eigenvalue weighted by Crippen LogP contribution is 2.32. The Morgan fingerprint density at radius 2 is 1.57 bits per heavy atom. The first kappa shape index (κ1) is 13.6. The number of hydrogen-bond donors (Lipinski definition) is 1. The van der Waals surface area contributed by atoms with Crippen LogP contribution in [0.4, 0.5) is 0 Å². The number of para-hydroxylation sites is 1. The third-order valence-electron chi connectivity index (χ3n) is 4.18. The molecule has 3 rings (SSSR count). The van der Waals surface area contributed by atoms with E-state index in [9.17, 15) is 4.79 Å². The van der Waals surface area contributed by atoms with Crippen LogP contribution in [0.1, 0.15) is 35.5 Å². The minimum absolute atomic E-state index is 0.156. The van der Waals surface area contributed by atoms with Gasteiger partial charge in [-0.2, -0.15) is 0 Å². The SMILES string of the molecule is Cc1[nH]c2ccccc2c1C(=O)C(C)(C)c1ccccc1. The minimum Gasteiger partial charge on any atom is -0.358 e. The van der Waals surface area contributed by atoms with Gasteiger partial charge in [-0.25, -0.2) is 0 Å². The van der Waals surface area contributed by atoms with Gasteiger partial charge in [-0.05, 0) is 32.4 Å². The number of aryl methyl sites for hydroxylation is 1. The molecule has 1 heterocycles. The zero-order valence-electron chi connectivity index (χ0n) is 12.6. The summed E-state index contributed by atoms with van der Waals surface area (Å²) in [6, 6.07) is 17.9. The van der Waals surface area contributed by atoms with Crippen LogP contribution in [0.25, 0.3) is 10.9 Å². The van der Waals surface area contributed by atoms with Crippen LogP contribution >= 0.6 is 0 Å². The van der Waals surface area contributed by atoms with Crippen molar-refractivity contribution in [1.82, 2.24) is 4.98 Å². The van der Waals surface area contributed by atoms with Crippen LogP contribution in [-0.4, -0.2) is 10.8 Å². The lowest BCUT2D eigenvalue weighted by Gasteiger charge is -2.24. The second-order valence-electron chi connectivity index (χ2n) is 5.99. The van der Waals surface area contributed by atoms with E-state index in [1.807, 2.05) is 75.4 Å². The molecule has 1 aromatic heterocycles. The van der Waals surface area contributed by atoms with Gasteiger partial charge in [-0.3, -0.25) is 4.79 Å². The molecule has 0 unspecified atom stereocenters. The second kappa shape index (κ2) is 4.88. The average Bonchev–Trinajstić information content (AvgIpc) is 2.83. The van der Waals surface area contributed by atoms with Gasteiger partial charge in [0, 0.05) is 22.2 Å². The summed E-state index contributed by atoms with van der Waals surface area (Å²) in [5, 5.41) is 1.00. The molecule has 0 saturated carbocycles. The number of nitrogens with one attached hydrogen (secondary N) is 1. The molecule has 2 aromatic carbocycles. The van der Waals surface area contributed by atoms with Crippen LogP contribution in [0, 0.1) is 6.92 Å². The molecule has 0 bridgehead atoms. The van der Waals surface area contributed by atoms with Crippen LogP contribution in [0.5, 0.6) is 0 Å². The van der Waals surface area contributed by atoms with Crippen LogP contribution in [-0.2, 0) is 5.41 Å². The predicted octanol–water partition coefficient (Wildman–Crippen LogP) is 4.64. The molecule has 21 heavy (non-hydrogen) atoms. The molecule has 0 aliphatic heterocycles. The third-order valence-corrected chi connectivity index (χ3v) is 4.18. The monoisotopic (exact) mass is 277 g/mol. The van der Waals surface area contributed by atoms with Gasteiger partial charge in [-0.15, -0.1) is 0 Å². The van der Waals surface area contributed by atoms with Crippen molar-refractivity contribution < 1.29 is 4.79 Å². The number of hydrogen-bond acceptors (Lipinski definition) is 1. The normalized spacial score (nSPS) is 11.8. The number of aromatic nitrogens is 1. The zero-order chi connectivity index (χ0) is 15.0. The molecule has 3 aromatic rings. The van der Waals surface area contributed by atoms with Crippen molar-refractivity contribution >= 4 is 16.7 Å². The zero-order valence-corrected chi connectivity index (χ0v) is 12.6. The molecule has 0 amide bonds. The maximum atomic E-state index is 13.1. The summed E-state index contributed by atoms with van der Waals surface area (Å²) in [7, 11) is 0. The number of Topliss-reactive ketones (excluding diaryl/α,β-unsaturated/α-hetero) is 1. The Morgan fingerprint density at radius 3 is 2.29 bits per heavy atom. The summed E-state index contributed by atoms with van der Waals surface area (Å²) < 4.78 is 0. The molecule has 106 valence electrons. The topological polar surface area (TPSA) is 32.9 Å². The quantitative estimate of drug-likeness (QED) is 0.695. The molecule has 0 atom stereocenters. The standard InChI is InChI=1S/C19H19NO/c1-13-17(15-11-7-8-12-16(15)20-13)18(21)19(2,3)14-9-5-4-6-10-14/h4-12,20H,1-3H3. The Kier molecular flexibility index (Phi) is 3.17. The lowest BCUT2D eigenvalue weighted by molar-refractivity contribution is 0.0910. The largest absolute Gasteiger partial charge is 0.358 e. The van der Waals surface area contributed by atoms with Crippen LogP contribution in [0.2, 0.25) is 0 Å². The van der Waals surface area contributed by atoms with Gasteiger partial charge >= 0.3 is 0 Å². The minimum atomic E-state index is -0.545. The smallest absolute Gasteiger partial charge is 0.175 e. The molecule has 2 nitrogen and oxygen atoms in total. The molecular weight excluding hydrogens is 258 g/mol. The summed E-state index contributed by atoms with van der Waals surface area (Å²) in [6.07, 6.45) is 0. The molecule has 0 spiro atoms. The van der Waals surface area contributed by atoms with Gasteiger partial charge in [0.15, 0.2) is 5.78 Å². The van der Waals surface area contributed by atoms with E-state index in [0.29, 0.717) is 0 Å². The van der Waals surface area contributed by atoms with Crippen LogP contribution in [0.3, 0.4) is 0 Å². The average molecular weight is 277 g/mol. The first-order valence-electron chi connectivity index (χ1n) is 7.19. The second-order valence-corrected chi connectivity index (χ2v) is 5.99. The Hall–Kier alpha value is -2.35. The van der Waals surface area contributed by atoms with Crippen molar-refractivity contribution in [3.63, 3.8) is 0 Å². The maximum Gasteiger partial charge on any atom is 0.175 e. The third kappa shape index (κ3) is 2.17. The van der Waals surface area contributed by atoms with Crippen molar-refractivity contribution in [3.8, 4) is 0 Å². The Morgan fingerprint density at radius 1 is 0.952 bits per heavy atom. The molecule has 0 aliphatic carbocycles. The summed E-state index contributed by atoms with van der Waals surface area (Å²) in [5.74, 6) is 0.156. The Balaban J connectivity index is 2.15. The van der Waals surface area contributed by atoms with Gasteiger partial charge in [0.25, 0.3) is 0 Å². The fraction of sp³-hybridized carbons (Fsp3) is 0.211. The molecule has 0 saturated heterocycles. The highest BCUT2D eigenvalue weighted by atomic mass is 16.1. The summed E-state index contributed by atoms with van der Waals surface area (Å²) >= 11 is 0. The summed E-state index contributed by atoms with van der Waals surface area (Å²) in [5.41, 5.74) is 3.25. The van der Waals surface area contributed by atoms with E-state index >= 15 is 0 Å². The van der Waals surface area contributed by atoms with Crippen molar-refractivity contribution in [2.75, 3.05) is 0 Å². The number of fused-ring (bicyclic) bond motifs is 1. The first-order valence-corrected chi connectivity index (χ1v) is 7.19. The number of benzene rings is 2. The number of H-pyrrole nitrogens is 1. The number of aromatic amines is 1. The predicted molar refractivity (Wildman–Crippen MR) is 86.8 cm³/mol.